The fraction of sp³-hybridized carbons (Fsp3) is 0.300. The van der Waals surface area contributed by atoms with E-state index in [-0.39, 0.29) is 6.04 Å². The number of rotatable bonds is 3. The minimum Gasteiger partial charge on any atom is -0.394 e. The van der Waals surface area contributed by atoms with Gasteiger partial charge >= 0.3 is 0 Å². The van der Waals surface area contributed by atoms with Gasteiger partial charge in [0.2, 0.25) is 0 Å². The molecule has 0 fully saturated rings. The van der Waals surface area contributed by atoms with Crippen molar-refractivity contribution in [1.29, 1.82) is 0 Å². The summed E-state index contributed by atoms with van der Waals surface area (Å²) in [4.78, 5) is 4.17. The minimum absolute atomic E-state index is 0.0823. The Kier molecular flexibility index (Phi) is 3.46. The fourth-order valence-corrected chi connectivity index (χ4v) is 1.15. The van der Waals surface area contributed by atoms with Crippen LogP contribution in [-0.4, -0.2) is 12.0 Å². The van der Waals surface area contributed by atoms with Gasteiger partial charge in [-0.3, -0.25) is 4.98 Å². The van der Waals surface area contributed by atoms with Gasteiger partial charge in [-0.25, -0.2) is 0 Å². The van der Waals surface area contributed by atoms with Crippen molar-refractivity contribution in [1.82, 2.24) is 10.3 Å². The predicted octanol–water partition coefficient (Wildman–Crippen LogP) is 1.12. The first-order valence-electron chi connectivity index (χ1n) is 4.26. The lowest BCUT2D eigenvalue weighted by Gasteiger charge is -2.08. The zero-order chi connectivity index (χ0) is 9.68. The molecule has 1 aromatic rings. The van der Waals surface area contributed by atoms with Gasteiger partial charge in [0.15, 0.2) is 0 Å². The lowest BCUT2D eigenvalue weighted by Crippen LogP contribution is -2.10. The number of hydrogen-bond acceptors (Lipinski definition) is 3. The van der Waals surface area contributed by atoms with Crippen LogP contribution in [0, 0.1) is 6.92 Å². The van der Waals surface area contributed by atoms with Crippen molar-refractivity contribution in [2.45, 2.75) is 13.0 Å². The molecule has 1 atom stereocenters. The number of aromatic nitrogens is 1. The number of aryl methyl sites for hydroxylation is 1. The summed E-state index contributed by atoms with van der Waals surface area (Å²) < 4.78 is 0. The van der Waals surface area contributed by atoms with Crippen LogP contribution in [0.5, 0.6) is 0 Å². The summed E-state index contributed by atoms with van der Waals surface area (Å²) in [6.45, 7) is 1.96. The molecule has 3 N–H and O–H groups in total. The minimum atomic E-state index is -0.0823. The molecule has 0 aliphatic carbocycles. The second-order valence-electron chi connectivity index (χ2n) is 2.85. The molecule has 0 saturated carbocycles. The number of nitrogens with two attached hydrogens (primary N) is 1. The number of pyridine rings is 1. The van der Waals surface area contributed by atoms with Gasteiger partial charge in [0.1, 0.15) is 0 Å². The van der Waals surface area contributed by atoms with Crippen LogP contribution in [0.2, 0.25) is 0 Å². The summed E-state index contributed by atoms with van der Waals surface area (Å²) in [5, 5.41) is 2.91. The van der Waals surface area contributed by atoms with Gasteiger partial charge in [-0.2, -0.15) is 0 Å². The first kappa shape index (κ1) is 9.74. The highest BCUT2D eigenvalue weighted by Crippen LogP contribution is 2.13. The molecular formula is C10H15N3. The molecule has 0 amide bonds. The summed E-state index contributed by atoms with van der Waals surface area (Å²) in [5.41, 5.74) is 7.96. The van der Waals surface area contributed by atoms with E-state index < -0.39 is 0 Å². The van der Waals surface area contributed by atoms with E-state index in [1.54, 1.807) is 6.20 Å². The third-order valence-electron chi connectivity index (χ3n) is 1.88. The molecule has 1 aromatic heterocycles. The van der Waals surface area contributed by atoms with Crippen LogP contribution in [0.4, 0.5) is 0 Å². The molecule has 0 aromatic carbocycles. The molecule has 0 aliphatic heterocycles. The molecule has 13 heavy (non-hydrogen) atoms. The molecule has 3 nitrogen and oxygen atoms in total. The first-order chi connectivity index (χ1) is 6.25. The highest BCUT2D eigenvalue weighted by molar-refractivity contribution is 5.25. The van der Waals surface area contributed by atoms with Crippen molar-refractivity contribution in [3.8, 4) is 0 Å². The molecular weight excluding hydrogens is 162 g/mol. The van der Waals surface area contributed by atoms with Gasteiger partial charge in [-0.05, 0) is 30.8 Å². The standard InChI is InChI=1S/C10H15N3/c1-8-9(4-3-6-13-8)10(11)5-7-12-2/h3-7,10,12H,11H2,1-2H3/b7-5-. The SMILES string of the molecule is CN/C=C\C(N)c1cccnc1C. The van der Waals surface area contributed by atoms with E-state index >= 15 is 0 Å². The number of nitrogens with one attached hydrogen (secondary N) is 1. The van der Waals surface area contributed by atoms with Crippen LogP contribution < -0.4 is 11.1 Å². The Morgan fingerprint density at radius 3 is 3.00 bits per heavy atom. The van der Waals surface area contributed by atoms with Crippen LogP contribution >= 0.6 is 0 Å². The van der Waals surface area contributed by atoms with Crippen molar-refractivity contribution in [3.05, 3.63) is 41.9 Å². The van der Waals surface area contributed by atoms with Crippen LogP contribution in [0.25, 0.3) is 0 Å². The highest BCUT2D eigenvalue weighted by Gasteiger charge is 2.04. The molecule has 0 bridgehead atoms. The Labute approximate surface area is 78.7 Å². The van der Waals surface area contributed by atoms with E-state index in [1.165, 1.54) is 0 Å². The van der Waals surface area contributed by atoms with Gasteiger partial charge in [0.05, 0.1) is 6.04 Å². The lowest BCUT2D eigenvalue weighted by atomic mass is 10.1. The van der Waals surface area contributed by atoms with Gasteiger partial charge in [-0.1, -0.05) is 6.07 Å². The van der Waals surface area contributed by atoms with Crippen LogP contribution in [0.15, 0.2) is 30.6 Å². The van der Waals surface area contributed by atoms with E-state index in [0.717, 1.165) is 11.3 Å². The Bertz CT molecular complexity index is 294. The Morgan fingerprint density at radius 1 is 1.62 bits per heavy atom. The molecule has 0 saturated heterocycles. The van der Waals surface area contributed by atoms with E-state index in [1.807, 2.05) is 38.4 Å². The van der Waals surface area contributed by atoms with Crippen LogP contribution in [0.3, 0.4) is 0 Å². The number of hydrogen-bond donors (Lipinski definition) is 2. The summed E-state index contributed by atoms with van der Waals surface area (Å²) >= 11 is 0. The topological polar surface area (TPSA) is 50.9 Å². The van der Waals surface area contributed by atoms with Gasteiger partial charge in [-0.15, -0.1) is 0 Å². The zero-order valence-corrected chi connectivity index (χ0v) is 7.99. The molecule has 0 aliphatic rings. The van der Waals surface area contributed by atoms with Crippen molar-refractivity contribution in [3.63, 3.8) is 0 Å². The van der Waals surface area contributed by atoms with E-state index in [2.05, 4.69) is 10.3 Å². The quantitative estimate of drug-likeness (QED) is 0.727. The van der Waals surface area contributed by atoms with Crippen molar-refractivity contribution >= 4 is 0 Å². The van der Waals surface area contributed by atoms with Gasteiger partial charge in [0.25, 0.3) is 0 Å². The Hall–Kier alpha value is -1.35. The molecule has 1 unspecified atom stereocenters. The second-order valence-corrected chi connectivity index (χ2v) is 2.85. The third kappa shape index (κ3) is 2.56. The summed E-state index contributed by atoms with van der Waals surface area (Å²) in [6.07, 6.45) is 5.51. The van der Waals surface area contributed by atoms with Crippen LogP contribution in [-0.2, 0) is 0 Å². The lowest BCUT2D eigenvalue weighted by molar-refractivity contribution is 0.871. The normalized spacial score (nSPS) is 13.2. The largest absolute Gasteiger partial charge is 0.394 e. The smallest absolute Gasteiger partial charge is 0.0516 e. The van der Waals surface area contributed by atoms with Crippen LogP contribution in [0.1, 0.15) is 17.3 Å². The van der Waals surface area contributed by atoms with Crippen molar-refractivity contribution in [2.75, 3.05) is 7.05 Å². The summed E-state index contributed by atoms with van der Waals surface area (Å²) in [6, 6.07) is 3.81. The third-order valence-corrected chi connectivity index (χ3v) is 1.88. The molecule has 0 spiro atoms. The van der Waals surface area contributed by atoms with Gasteiger partial charge < -0.3 is 11.1 Å². The maximum absolute atomic E-state index is 5.92. The molecule has 3 heteroatoms. The predicted molar refractivity (Wildman–Crippen MR) is 54.1 cm³/mol. The number of nitrogens with zero attached hydrogens (tertiary/aromatic N) is 1. The Balaban J connectivity index is 2.82. The summed E-state index contributed by atoms with van der Waals surface area (Å²) in [5.74, 6) is 0. The van der Waals surface area contributed by atoms with E-state index in [4.69, 9.17) is 5.73 Å². The van der Waals surface area contributed by atoms with E-state index in [9.17, 15) is 0 Å². The molecule has 1 heterocycles. The maximum atomic E-state index is 5.92. The average molecular weight is 177 g/mol. The molecule has 70 valence electrons. The second kappa shape index (κ2) is 4.62. The summed E-state index contributed by atoms with van der Waals surface area (Å²) in [7, 11) is 1.85. The van der Waals surface area contributed by atoms with E-state index in [0.29, 0.717) is 0 Å². The first-order valence-corrected chi connectivity index (χ1v) is 4.26. The zero-order valence-electron chi connectivity index (χ0n) is 7.99. The van der Waals surface area contributed by atoms with Gasteiger partial charge in [0, 0.05) is 18.9 Å². The average Bonchev–Trinajstić information content (AvgIpc) is 2.15. The van der Waals surface area contributed by atoms with Crippen molar-refractivity contribution in [2.24, 2.45) is 5.73 Å². The maximum Gasteiger partial charge on any atom is 0.0516 e. The fourth-order valence-electron chi connectivity index (χ4n) is 1.15. The monoisotopic (exact) mass is 177 g/mol. The molecule has 0 radical (unpaired) electrons. The van der Waals surface area contributed by atoms with Crippen molar-refractivity contribution < 1.29 is 0 Å². The highest BCUT2D eigenvalue weighted by atomic mass is 14.8. The molecule has 1 rings (SSSR count). The Morgan fingerprint density at radius 2 is 2.38 bits per heavy atom.